The van der Waals surface area contributed by atoms with Crippen LogP contribution >= 0.6 is 11.6 Å². The van der Waals surface area contributed by atoms with Gasteiger partial charge in [0.15, 0.2) is 11.6 Å². The number of hydrogen-bond acceptors (Lipinski definition) is 6. The van der Waals surface area contributed by atoms with Gasteiger partial charge in [-0.25, -0.2) is 4.79 Å². The molecular formula is C50H49ClN2O5. The zero-order chi connectivity index (χ0) is 40.9. The third-order valence-corrected chi connectivity index (χ3v) is 11.8. The lowest BCUT2D eigenvalue weighted by molar-refractivity contribution is -0.124. The van der Waals surface area contributed by atoms with Gasteiger partial charge < -0.3 is 15.2 Å². The number of aliphatic hydroxyl groups is 1. The highest BCUT2D eigenvalue weighted by atomic mass is 35.5. The average molecular weight is 793 g/mol. The molecule has 2 N–H and O–H groups in total. The summed E-state index contributed by atoms with van der Waals surface area (Å²) in [5.41, 5.74) is 5.58. The molecule has 2 aliphatic carbocycles. The first-order chi connectivity index (χ1) is 28.0. The van der Waals surface area contributed by atoms with Crippen LogP contribution in [0.25, 0.3) is 11.1 Å². The monoisotopic (exact) mass is 792 g/mol. The second kappa shape index (κ2) is 17.4. The van der Waals surface area contributed by atoms with Crippen molar-refractivity contribution in [1.29, 1.82) is 0 Å². The number of unbranched alkanes of at least 4 members (excludes halogenated alkanes) is 1. The van der Waals surface area contributed by atoms with E-state index in [2.05, 4.69) is 34.6 Å². The van der Waals surface area contributed by atoms with Crippen LogP contribution < -0.4 is 5.32 Å². The minimum Gasteiger partial charge on any atom is -0.511 e. The van der Waals surface area contributed by atoms with Crippen molar-refractivity contribution in [3.63, 3.8) is 0 Å². The summed E-state index contributed by atoms with van der Waals surface area (Å²) in [5, 5.41) is 14.2. The number of carbonyl (C=O) groups is 3. The largest absolute Gasteiger partial charge is 0.511 e. The maximum atomic E-state index is 15.7. The first-order valence-electron chi connectivity index (χ1n) is 20.0. The fourth-order valence-electron chi connectivity index (χ4n) is 8.83. The zero-order valence-electron chi connectivity index (χ0n) is 33.2. The lowest BCUT2D eigenvalue weighted by Gasteiger charge is -2.38. The average Bonchev–Trinajstić information content (AvgIpc) is 3.53. The number of aliphatic hydroxyl groups excluding tert-OH is 1. The Labute approximate surface area is 345 Å². The van der Waals surface area contributed by atoms with Crippen LogP contribution in [0.2, 0.25) is 5.02 Å². The number of halogens is 1. The number of amides is 1. The molecule has 7 nitrogen and oxygen atoms in total. The summed E-state index contributed by atoms with van der Waals surface area (Å²) in [6.07, 6.45) is 1.44. The summed E-state index contributed by atoms with van der Waals surface area (Å²) in [4.78, 5) is 47.3. The van der Waals surface area contributed by atoms with Gasteiger partial charge in [-0.15, -0.1) is 0 Å². The van der Waals surface area contributed by atoms with E-state index in [-0.39, 0.29) is 41.7 Å². The minimum atomic E-state index is -1.39. The number of aliphatic imine (C=N–C) groups is 1. The number of ether oxygens (including phenoxy) is 1. The van der Waals surface area contributed by atoms with Crippen molar-refractivity contribution in [2.24, 2.45) is 10.4 Å². The van der Waals surface area contributed by atoms with Gasteiger partial charge in [0, 0.05) is 36.0 Å². The Bertz CT molecular complexity index is 2280. The number of hydrogen-bond donors (Lipinski definition) is 2. The van der Waals surface area contributed by atoms with Crippen molar-refractivity contribution < 1.29 is 24.2 Å². The second-order valence-electron chi connectivity index (χ2n) is 16.1. The number of nitrogens with zero attached hydrogens (tertiary/aromatic N) is 1. The standard InChI is InChI=1S/C50H49ClN2O5/c1-33(46-44(54)30-49(2,3)31-45(46)55)52-29-17-16-28-43(53-48(57)58-32-40-38-24-12-10-22-36(38)37-23-11-13-25-39(37)40)47(56)50(34-18-6-4-7-19-34,35-20-8-5-9-21-35)41-26-14-15-27-42(41)51/h4-15,18-27,40,43,54H,16-17,28-32H2,1-3H3,(H,53,57)/t43-/m0/s1. The second-order valence-corrected chi connectivity index (χ2v) is 16.5. The van der Waals surface area contributed by atoms with E-state index < -0.39 is 17.6 Å². The molecule has 0 unspecified atom stereocenters. The number of Topliss-reactive ketones (excluding diaryl/α,β-unsaturated/α-hetero) is 2. The summed E-state index contributed by atoms with van der Waals surface area (Å²) in [5.74, 6) is -0.429. The Hall–Kier alpha value is -5.79. The maximum absolute atomic E-state index is 15.7. The van der Waals surface area contributed by atoms with Crippen LogP contribution in [0.4, 0.5) is 4.79 Å². The predicted octanol–water partition coefficient (Wildman–Crippen LogP) is 11.0. The minimum absolute atomic E-state index is 0.0817. The molecule has 8 heteroatoms. The summed E-state index contributed by atoms with van der Waals surface area (Å²) in [6.45, 7) is 6.16. The zero-order valence-corrected chi connectivity index (χ0v) is 34.0. The molecule has 0 bridgehead atoms. The van der Waals surface area contributed by atoms with E-state index in [4.69, 9.17) is 16.3 Å². The Balaban J connectivity index is 1.19. The molecule has 7 rings (SSSR count). The highest BCUT2D eigenvalue weighted by Gasteiger charge is 2.48. The van der Waals surface area contributed by atoms with Crippen molar-refractivity contribution in [1.82, 2.24) is 5.32 Å². The number of ketones is 2. The van der Waals surface area contributed by atoms with E-state index in [1.807, 2.05) is 117 Å². The molecule has 296 valence electrons. The molecule has 0 radical (unpaired) electrons. The van der Waals surface area contributed by atoms with E-state index in [1.54, 1.807) is 13.0 Å². The Morgan fingerprint density at radius 3 is 1.95 bits per heavy atom. The Morgan fingerprint density at radius 1 is 0.810 bits per heavy atom. The quantitative estimate of drug-likeness (QED) is 0.0662. The molecule has 5 aromatic carbocycles. The van der Waals surface area contributed by atoms with Gasteiger partial charge >= 0.3 is 6.09 Å². The van der Waals surface area contributed by atoms with Crippen molar-refractivity contribution >= 4 is 35.0 Å². The smallest absolute Gasteiger partial charge is 0.407 e. The highest BCUT2D eigenvalue weighted by molar-refractivity contribution is 6.32. The normalized spacial score (nSPS) is 15.7. The molecule has 0 saturated carbocycles. The van der Waals surface area contributed by atoms with Crippen molar-refractivity contribution in [2.45, 2.75) is 70.3 Å². The van der Waals surface area contributed by atoms with E-state index in [0.29, 0.717) is 65.2 Å². The van der Waals surface area contributed by atoms with Crippen molar-refractivity contribution in [3.8, 4) is 11.1 Å². The molecule has 0 spiro atoms. The lowest BCUT2D eigenvalue weighted by atomic mass is 9.64. The van der Waals surface area contributed by atoms with Crippen molar-refractivity contribution in [2.75, 3.05) is 13.2 Å². The molecule has 2 aliphatic rings. The SMILES string of the molecule is CC(=NCCCC[C@H](NC(=O)OCC1c2ccccc2-c2ccccc21)C(=O)C(c1ccccc1)(c1ccccc1)c1ccccc1Cl)C1=C(O)CC(C)(C)CC1=O. The van der Waals surface area contributed by atoms with Crippen LogP contribution in [-0.4, -0.2) is 47.7 Å². The third kappa shape index (κ3) is 8.14. The van der Waals surface area contributed by atoms with Crippen LogP contribution in [0, 0.1) is 5.41 Å². The molecular weight excluding hydrogens is 744 g/mol. The van der Waals surface area contributed by atoms with E-state index >= 15 is 4.79 Å². The fourth-order valence-corrected chi connectivity index (χ4v) is 9.11. The first-order valence-corrected chi connectivity index (χ1v) is 20.4. The molecule has 0 heterocycles. The molecule has 0 fully saturated rings. The summed E-state index contributed by atoms with van der Waals surface area (Å²) >= 11 is 7.02. The number of nitrogens with one attached hydrogen (secondary N) is 1. The van der Waals surface area contributed by atoms with Crippen LogP contribution in [0.1, 0.15) is 86.6 Å². The molecule has 1 atom stereocenters. The highest BCUT2D eigenvalue weighted by Crippen LogP contribution is 2.46. The molecule has 5 aromatic rings. The van der Waals surface area contributed by atoms with Gasteiger partial charge in [0.05, 0.1) is 11.6 Å². The summed E-state index contributed by atoms with van der Waals surface area (Å²) < 4.78 is 6.02. The predicted molar refractivity (Wildman–Crippen MR) is 231 cm³/mol. The van der Waals surface area contributed by atoms with Crippen LogP contribution in [0.3, 0.4) is 0 Å². The summed E-state index contributed by atoms with van der Waals surface area (Å²) in [7, 11) is 0. The van der Waals surface area contributed by atoms with Gasteiger partial charge in [-0.2, -0.15) is 0 Å². The van der Waals surface area contributed by atoms with Gasteiger partial charge in [-0.3, -0.25) is 14.6 Å². The van der Waals surface area contributed by atoms with Gasteiger partial charge in [-0.05, 0) is 76.6 Å². The lowest BCUT2D eigenvalue weighted by Crippen LogP contribution is -2.52. The molecule has 58 heavy (non-hydrogen) atoms. The Morgan fingerprint density at radius 2 is 1.36 bits per heavy atom. The van der Waals surface area contributed by atoms with E-state index in [1.165, 1.54) is 0 Å². The van der Waals surface area contributed by atoms with Gasteiger partial charge in [0.2, 0.25) is 0 Å². The van der Waals surface area contributed by atoms with Gasteiger partial charge in [0.1, 0.15) is 17.8 Å². The number of allylic oxidation sites excluding steroid dienone is 2. The maximum Gasteiger partial charge on any atom is 0.407 e. The van der Waals surface area contributed by atoms with Crippen LogP contribution in [0.5, 0.6) is 0 Å². The summed E-state index contributed by atoms with van der Waals surface area (Å²) in [6, 6.07) is 41.8. The topological polar surface area (TPSA) is 105 Å². The number of rotatable bonds is 14. The Kier molecular flexibility index (Phi) is 12.1. The van der Waals surface area contributed by atoms with E-state index in [9.17, 15) is 14.7 Å². The molecule has 1 amide bonds. The molecule has 0 saturated heterocycles. The van der Waals surface area contributed by atoms with Crippen LogP contribution in [-0.2, 0) is 19.7 Å². The molecule has 0 aromatic heterocycles. The van der Waals surface area contributed by atoms with Gasteiger partial charge in [-0.1, -0.05) is 153 Å². The number of fused-ring (bicyclic) bond motifs is 3. The first kappa shape index (κ1) is 40.4. The van der Waals surface area contributed by atoms with Crippen molar-refractivity contribution in [3.05, 3.63) is 178 Å². The van der Waals surface area contributed by atoms with E-state index in [0.717, 1.165) is 22.3 Å². The molecule has 0 aliphatic heterocycles. The number of carbonyl (C=O) groups excluding carboxylic acids is 3. The number of alkyl carbamates (subject to hydrolysis) is 1. The number of benzene rings is 5. The fraction of sp³-hybridized carbons (Fsp3) is 0.280. The third-order valence-electron chi connectivity index (χ3n) is 11.5. The van der Waals surface area contributed by atoms with Crippen LogP contribution in [0.15, 0.2) is 150 Å². The van der Waals surface area contributed by atoms with Gasteiger partial charge in [0.25, 0.3) is 0 Å².